The van der Waals surface area contributed by atoms with Crippen LogP contribution < -0.4 is 5.73 Å². The first-order chi connectivity index (χ1) is 12.6. The molecule has 2 aromatic rings. The van der Waals surface area contributed by atoms with E-state index in [1.54, 1.807) is 0 Å². The molecule has 1 aromatic heterocycles. The molecular weight excluding hydrogens is 437 g/mol. The molecule has 0 fully saturated rings. The van der Waals surface area contributed by atoms with Gasteiger partial charge in [-0.15, -0.1) is 0 Å². The minimum Gasteiger partial charge on any atom is -0.461 e. The topological polar surface area (TPSA) is 110 Å². The van der Waals surface area contributed by atoms with Gasteiger partial charge in [-0.05, 0) is 30.0 Å². The Morgan fingerprint density at radius 2 is 2.15 bits per heavy atom. The highest BCUT2D eigenvalue weighted by Gasteiger charge is 2.43. The molecule has 0 radical (unpaired) electrons. The molecule has 0 aliphatic carbocycles. The van der Waals surface area contributed by atoms with E-state index in [4.69, 9.17) is 15.7 Å². The Kier molecular flexibility index (Phi) is 6.21. The second kappa shape index (κ2) is 8.05. The average molecular weight is 452 g/mol. The minimum absolute atomic E-state index is 0.0392. The van der Waals surface area contributed by atoms with Gasteiger partial charge in [0.2, 0.25) is 0 Å². The summed E-state index contributed by atoms with van der Waals surface area (Å²) in [7, 11) is 0. The van der Waals surface area contributed by atoms with Gasteiger partial charge in [-0.1, -0.05) is 15.9 Å². The zero-order chi connectivity index (χ0) is 20.4. The first-order valence-electron chi connectivity index (χ1n) is 7.53. The lowest BCUT2D eigenvalue weighted by atomic mass is 9.90. The molecule has 0 spiro atoms. The summed E-state index contributed by atoms with van der Waals surface area (Å²) in [5.74, 6) is -2.62. The summed E-state index contributed by atoms with van der Waals surface area (Å²) in [6.07, 6.45) is -3.26. The molecule has 0 amide bonds. The van der Waals surface area contributed by atoms with Crippen LogP contribution >= 0.6 is 15.9 Å². The third kappa shape index (κ3) is 4.27. The summed E-state index contributed by atoms with van der Waals surface area (Å²) >= 11 is 3.06. The van der Waals surface area contributed by atoms with Crippen molar-refractivity contribution in [1.82, 2.24) is 9.78 Å². The van der Waals surface area contributed by atoms with E-state index in [9.17, 15) is 22.9 Å². The Morgan fingerprint density at radius 3 is 2.70 bits per heavy atom. The lowest BCUT2D eigenvalue weighted by molar-refractivity contribution is -0.732. The summed E-state index contributed by atoms with van der Waals surface area (Å²) < 4.78 is 47.6. The van der Waals surface area contributed by atoms with Crippen LogP contribution in [0, 0.1) is 10.7 Å². The highest BCUT2D eigenvalue weighted by atomic mass is 79.9. The van der Waals surface area contributed by atoms with Gasteiger partial charge in [-0.3, -0.25) is 0 Å². The van der Waals surface area contributed by atoms with Crippen molar-refractivity contribution in [1.29, 1.82) is 0 Å². The molecule has 0 saturated carbocycles. The Bertz CT molecular complexity index is 877. The zero-order valence-corrected chi connectivity index (χ0v) is 15.5. The van der Waals surface area contributed by atoms with Crippen LogP contribution in [0.1, 0.15) is 23.0 Å². The Hall–Kier alpha value is -2.47. The molecule has 3 N–H and O–H groups in total. The molecule has 1 heterocycles. The first kappa shape index (κ1) is 20.8. The summed E-state index contributed by atoms with van der Waals surface area (Å²) in [4.78, 5) is 22.4. The van der Waals surface area contributed by atoms with Gasteiger partial charge in [-0.2, -0.15) is 4.68 Å². The second-order valence-electron chi connectivity index (χ2n) is 5.50. The number of aromatic nitrogens is 2. The number of ether oxygens (including phenoxy) is 1. The van der Waals surface area contributed by atoms with Crippen molar-refractivity contribution in [3.05, 3.63) is 50.7 Å². The van der Waals surface area contributed by atoms with E-state index in [0.717, 1.165) is 18.2 Å². The van der Waals surface area contributed by atoms with Crippen LogP contribution in [0.2, 0.25) is 0 Å². The van der Waals surface area contributed by atoms with Crippen molar-refractivity contribution in [3.63, 3.8) is 0 Å². The lowest BCUT2D eigenvalue weighted by Gasteiger charge is -2.29. The van der Waals surface area contributed by atoms with Crippen molar-refractivity contribution in [3.8, 4) is 0 Å². The number of nitrogens with zero attached hydrogens (tertiary/aromatic N) is 3. The van der Waals surface area contributed by atoms with Crippen molar-refractivity contribution >= 4 is 27.7 Å². The van der Waals surface area contributed by atoms with E-state index < -0.39 is 52.3 Å². The number of carbonyl (C=O) groups is 1. The van der Waals surface area contributed by atoms with E-state index in [-0.39, 0.29) is 6.61 Å². The predicted octanol–water partition coefficient (Wildman–Crippen LogP) is 2.88. The number of hydrogen-bond donors (Lipinski definition) is 2. The third-order valence-electron chi connectivity index (χ3n) is 3.68. The van der Waals surface area contributed by atoms with Crippen LogP contribution in [-0.4, -0.2) is 38.9 Å². The van der Waals surface area contributed by atoms with Gasteiger partial charge < -0.3 is 15.7 Å². The molecule has 0 aliphatic rings. The van der Waals surface area contributed by atoms with Gasteiger partial charge in [0.25, 0.3) is 6.43 Å². The summed E-state index contributed by atoms with van der Waals surface area (Å²) in [6.45, 7) is 0.594. The third-order valence-corrected chi connectivity index (χ3v) is 4.17. The smallest absolute Gasteiger partial charge is 0.434 e. The number of hydrogen-bond acceptors (Lipinski definition) is 5. The van der Waals surface area contributed by atoms with E-state index in [2.05, 4.69) is 21.0 Å². The van der Waals surface area contributed by atoms with E-state index >= 15 is 0 Å². The highest BCUT2D eigenvalue weighted by Crippen LogP contribution is 2.32. The van der Waals surface area contributed by atoms with E-state index in [1.807, 2.05) is 0 Å². The molecule has 2 rings (SSSR count). The Morgan fingerprint density at radius 1 is 1.48 bits per heavy atom. The second-order valence-corrected chi connectivity index (χ2v) is 6.42. The summed E-state index contributed by atoms with van der Waals surface area (Å²) in [5.41, 5.74) is 2.28. The fraction of sp³-hybridized carbons (Fsp3) is 0.333. The van der Waals surface area contributed by atoms with Gasteiger partial charge in [0.15, 0.2) is 10.6 Å². The van der Waals surface area contributed by atoms with Gasteiger partial charge in [0.05, 0.1) is 24.3 Å². The van der Waals surface area contributed by atoms with Crippen LogP contribution in [-0.2, 0) is 16.8 Å². The van der Waals surface area contributed by atoms with Gasteiger partial charge in [0.1, 0.15) is 11.4 Å². The first-order valence-corrected chi connectivity index (χ1v) is 8.33. The lowest BCUT2D eigenvalue weighted by Crippen LogP contribution is -2.49. The summed E-state index contributed by atoms with van der Waals surface area (Å²) in [6, 6.07) is 4.19. The van der Waals surface area contributed by atoms with Crippen molar-refractivity contribution in [2.24, 2.45) is 5.73 Å². The number of esters is 1. The maximum absolute atomic E-state index is 14.2. The molecule has 8 nitrogen and oxygen atoms in total. The molecule has 0 bridgehead atoms. The Balaban J connectivity index is 2.57. The van der Waals surface area contributed by atoms with Gasteiger partial charge in [0, 0.05) is 10.0 Å². The molecule has 1 aromatic carbocycles. The van der Waals surface area contributed by atoms with Crippen molar-refractivity contribution < 1.29 is 32.8 Å². The molecule has 146 valence electrons. The van der Waals surface area contributed by atoms with Gasteiger partial charge >= 0.3 is 11.8 Å². The van der Waals surface area contributed by atoms with Crippen LogP contribution in [0.4, 0.5) is 19.0 Å². The minimum atomic E-state index is -3.26. The molecule has 0 aliphatic heterocycles. The predicted molar refractivity (Wildman–Crippen MR) is 89.2 cm³/mol. The standard InChI is InChI=1S/C15H15BrF3N4O4/c1-2-27-13(24)11-6-12(23(25)26)21-22(11)7-15(20,14(18)19)9-5-8(16)3-4-10(9)17/h3-6,14H,2,7,20H2,1H3,(H,25,26)/q+1. The number of halogens is 4. The molecule has 27 heavy (non-hydrogen) atoms. The largest absolute Gasteiger partial charge is 0.461 e. The molecule has 12 heteroatoms. The molecular formula is C15H15BrF3N4O4+. The SMILES string of the molecule is CCOC(=O)c1cc([N+](=O)O)nn1CC(N)(c1cc(Br)ccc1F)C(F)F. The van der Waals surface area contributed by atoms with Crippen molar-refractivity contribution in [2.45, 2.75) is 25.4 Å². The van der Waals surface area contributed by atoms with Crippen LogP contribution in [0.15, 0.2) is 28.7 Å². The van der Waals surface area contributed by atoms with E-state index in [0.29, 0.717) is 9.15 Å². The number of alkyl halides is 2. The molecule has 1 atom stereocenters. The fourth-order valence-corrected chi connectivity index (χ4v) is 2.72. The normalized spacial score (nSPS) is 13.4. The van der Waals surface area contributed by atoms with Gasteiger partial charge in [-0.25, -0.2) is 18.0 Å². The number of rotatable bonds is 7. The highest BCUT2D eigenvalue weighted by molar-refractivity contribution is 9.10. The quantitative estimate of drug-likeness (QED) is 0.494. The molecule has 1 unspecified atom stereocenters. The number of benzene rings is 1. The van der Waals surface area contributed by atoms with Crippen LogP contribution in [0.3, 0.4) is 0 Å². The monoisotopic (exact) mass is 451 g/mol. The molecule has 0 saturated heterocycles. The average Bonchev–Trinajstić information content (AvgIpc) is 3.01. The maximum atomic E-state index is 14.2. The van der Waals surface area contributed by atoms with Crippen molar-refractivity contribution in [2.75, 3.05) is 6.61 Å². The zero-order valence-electron chi connectivity index (χ0n) is 13.9. The van der Waals surface area contributed by atoms with E-state index in [1.165, 1.54) is 13.0 Å². The Labute approximate surface area is 159 Å². The fourth-order valence-electron chi connectivity index (χ4n) is 2.36. The van der Waals surface area contributed by atoms with Crippen LogP contribution in [0.25, 0.3) is 0 Å². The maximum Gasteiger partial charge on any atom is 0.434 e. The number of carbonyl (C=O) groups excluding carboxylic acids is 1. The summed E-state index contributed by atoms with van der Waals surface area (Å²) in [5, 5.41) is 12.6. The number of nitrogens with two attached hydrogens (primary N) is 1. The van der Waals surface area contributed by atoms with Crippen LogP contribution in [0.5, 0.6) is 0 Å².